The number of carbonyl (C=O) groups is 2. The highest BCUT2D eigenvalue weighted by Gasteiger charge is 2.20. The summed E-state index contributed by atoms with van der Waals surface area (Å²) in [7, 11) is 0. The van der Waals surface area contributed by atoms with E-state index in [9.17, 15) is 19.8 Å². The number of carbonyl (C=O) groups excluding carboxylic acids is 2. The minimum absolute atomic E-state index is 0.0257. The van der Waals surface area contributed by atoms with Gasteiger partial charge in [0.15, 0.2) is 0 Å². The zero-order chi connectivity index (χ0) is 47.9. The van der Waals surface area contributed by atoms with Crippen LogP contribution in [0, 0.1) is 0 Å². The van der Waals surface area contributed by atoms with Crippen molar-refractivity contribution in [2.75, 3.05) is 13.2 Å². The van der Waals surface area contributed by atoms with Gasteiger partial charge in [-0.25, -0.2) is 0 Å². The summed E-state index contributed by atoms with van der Waals surface area (Å²) in [6.07, 6.45) is 69.5. The number of aliphatic hydroxyl groups excluding tert-OH is 2. The van der Waals surface area contributed by atoms with E-state index >= 15 is 0 Å². The van der Waals surface area contributed by atoms with Crippen molar-refractivity contribution in [1.82, 2.24) is 5.32 Å². The largest absolute Gasteiger partial charge is 0.466 e. The second kappa shape index (κ2) is 55.4. The molecule has 0 saturated carbocycles. The Bertz CT molecular complexity index is 1110. The van der Waals surface area contributed by atoms with Crippen molar-refractivity contribution in [3.63, 3.8) is 0 Å². The second-order valence-electron chi connectivity index (χ2n) is 19.6. The zero-order valence-electron chi connectivity index (χ0n) is 43.9. The molecule has 2 atom stereocenters. The van der Waals surface area contributed by atoms with Crippen molar-refractivity contribution in [1.29, 1.82) is 0 Å². The molecule has 6 nitrogen and oxygen atoms in total. The van der Waals surface area contributed by atoms with Crippen molar-refractivity contribution >= 4 is 11.9 Å². The number of ether oxygens (including phenoxy) is 1. The standard InChI is InChI=1S/C60H111NO5/c1-3-5-7-9-11-13-15-17-19-20-21-22-26-30-34-38-42-46-50-54-60(65)66-55-51-47-43-39-35-31-27-23-25-29-33-37-41-45-49-53-59(64)61-57(56-62)58(63)52-48-44-40-36-32-28-24-18-16-14-12-10-8-6-4-2/h11,13,17,19,23,27,31,35,57-58,62-63H,3-10,12,14-16,18,20-22,24-26,28-30,32-34,36-56H2,1-2H3,(H,61,64)/b13-11-,19-17-,27-23-,35-31-. The summed E-state index contributed by atoms with van der Waals surface area (Å²) in [6.45, 7) is 4.87. The molecule has 0 saturated heterocycles. The van der Waals surface area contributed by atoms with Crippen molar-refractivity contribution in [3.8, 4) is 0 Å². The molecule has 0 bridgehead atoms. The van der Waals surface area contributed by atoms with Crippen molar-refractivity contribution in [2.45, 2.75) is 309 Å². The number of nitrogens with one attached hydrogen (secondary N) is 1. The van der Waals surface area contributed by atoms with Crippen LogP contribution < -0.4 is 5.32 Å². The summed E-state index contributed by atoms with van der Waals surface area (Å²) in [5.74, 6) is -0.0833. The van der Waals surface area contributed by atoms with Crippen LogP contribution in [0.15, 0.2) is 48.6 Å². The Labute approximate surface area is 410 Å². The molecule has 0 rings (SSSR count). The van der Waals surface area contributed by atoms with E-state index in [2.05, 4.69) is 67.8 Å². The summed E-state index contributed by atoms with van der Waals surface area (Å²) in [5, 5.41) is 23.2. The van der Waals surface area contributed by atoms with Gasteiger partial charge in [-0.1, -0.05) is 242 Å². The van der Waals surface area contributed by atoms with Crippen molar-refractivity contribution in [3.05, 3.63) is 48.6 Å². The van der Waals surface area contributed by atoms with E-state index in [0.29, 0.717) is 25.9 Å². The molecule has 3 N–H and O–H groups in total. The van der Waals surface area contributed by atoms with E-state index in [1.54, 1.807) is 0 Å². The molecule has 0 aromatic heterocycles. The van der Waals surface area contributed by atoms with Crippen LogP contribution in [-0.4, -0.2) is 47.4 Å². The highest BCUT2D eigenvalue weighted by Crippen LogP contribution is 2.16. The summed E-state index contributed by atoms with van der Waals surface area (Å²) < 4.78 is 5.46. The smallest absolute Gasteiger partial charge is 0.305 e. The maximum absolute atomic E-state index is 12.5. The van der Waals surface area contributed by atoms with Gasteiger partial charge >= 0.3 is 5.97 Å². The quantitative estimate of drug-likeness (QED) is 0.0244. The Morgan fingerprint density at radius 3 is 1.27 bits per heavy atom. The van der Waals surface area contributed by atoms with Crippen LogP contribution in [0.4, 0.5) is 0 Å². The minimum Gasteiger partial charge on any atom is -0.466 e. The lowest BCUT2D eigenvalue weighted by molar-refractivity contribution is -0.143. The van der Waals surface area contributed by atoms with Crippen LogP contribution in [0.1, 0.15) is 296 Å². The molecule has 0 fully saturated rings. The average molecular weight is 927 g/mol. The molecule has 1 amide bonds. The molecule has 0 aliphatic rings. The maximum Gasteiger partial charge on any atom is 0.305 e. The SMILES string of the molecule is CCCCC/C=C\C/C=C\CCCCCCCCCCCC(=O)OCCCCC/C=C\C=C/CCCCCCCCC(=O)NC(CO)C(O)CCCCCCCCCCCCCCCCC. The highest BCUT2D eigenvalue weighted by molar-refractivity contribution is 5.76. The van der Waals surface area contributed by atoms with Crippen LogP contribution in [0.5, 0.6) is 0 Å². The van der Waals surface area contributed by atoms with E-state index < -0.39 is 12.1 Å². The van der Waals surface area contributed by atoms with Gasteiger partial charge in [-0.3, -0.25) is 9.59 Å². The Morgan fingerprint density at radius 1 is 0.439 bits per heavy atom. The topological polar surface area (TPSA) is 95.9 Å². The first kappa shape index (κ1) is 63.8. The number of esters is 1. The molecule has 66 heavy (non-hydrogen) atoms. The molecule has 0 aliphatic carbocycles. The first-order valence-electron chi connectivity index (χ1n) is 28.9. The van der Waals surface area contributed by atoms with E-state index in [1.165, 1.54) is 180 Å². The van der Waals surface area contributed by atoms with Crippen LogP contribution in [-0.2, 0) is 14.3 Å². The molecule has 0 radical (unpaired) electrons. The number of amides is 1. The summed E-state index contributed by atoms with van der Waals surface area (Å²) in [6, 6.07) is -0.559. The number of hydrogen-bond acceptors (Lipinski definition) is 5. The average Bonchev–Trinajstić information content (AvgIpc) is 3.32. The lowest BCUT2D eigenvalue weighted by Gasteiger charge is -2.22. The lowest BCUT2D eigenvalue weighted by atomic mass is 10.0. The maximum atomic E-state index is 12.5. The van der Waals surface area contributed by atoms with Gasteiger partial charge in [-0.05, 0) is 89.9 Å². The Kier molecular flexibility index (Phi) is 53.6. The van der Waals surface area contributed by atoms with Gasteiger partial charge < -0.3 is 20.3 Å². The third kappa shape index (κ3) is 51.2. The molecular weight excluding hydrogens is 815 g/mol. The molecule has 2 unspecified atom stereocenters. The minimum atomic E-state index is -0.680. The number of rotatable bonds is 53. The van der Waals surface area contributed by atoms with Gasteiger partial charge in [-0.15, -0.1) is 0 Å². The van der Waals surface area contributed by atoms with Crippen LogP contribution in [0.25, 0.3) is 0 Å². The number of unbranched alkanes of at least 4 members (excludes halogenated alkanes) is 35. The Balaban J connectivity index is 3.51. The predicted octanol–water partition coefficient (Wildman–Crippen LogP) is 17.8. The molecule has 6 heteroatoms. The van der Waals surface area contributed by atoms with Gasteiger partial charge in [0.05, 0.1) is 25.4 Å². The fraction of sp³-hybridized carbons (Fsp3) is 0.833. The molecule has 0 aromatic rings. The summed E-state index contributed by atoms with van der Waals surface area (Å²) in [5.41, 5.74) is 0. The third-order valence-electron chi connectivity index (χ3n) is 13.1. The number of allylic oxidation sites excluding steroid dienone is 8. The van der Waals surface area contributed by atoms with E-state index in [4.69, 9.17) is 4.74 Å². The molecule has 0 heterocycles. The summed E-state index contributed by atoms with van der Waals surface area (Å²) >= 11 is 0. The summed E-state index contributed by atoms with van der Waals surface area (Å²) in [4.78, 5) is 24.5. The molecule has 386 valence electrons. The Morgan fingerprint density at radius 2 is 0.803 bits per heavy atom. The first-order chi connectivity index (χ1) is 32.5. The fourth-order valence-electron chi connectivity index (χ4n) is 8.66. The van der Waals surface area contributed by atoms with Gasteiger partial charge in [-0.2, -0.15) is 0 Å². The van der Waals surface area contributed by atoms with Crippen LogP contribution in [0.3, 0.4) is 0 Å². The predicted molar refractivity (Wildman–Crippen MR) is 287 cm³/mol. The van der Waals surface area contributed by atoms with E-state index in [1.807, 2.05) is 0 Å². The first-order valence-corrected chi connectivity index (χ1v) is 28.9. The fourth-order valence-corrected chi connectivity index (χ4v) is 8.66. The number of hydrogen-bond donors (Lipinski definition) is 3. The lowest BCUT2D eigenvalue weighted by Crippen LogP contribution is -2.45. The molecule has 0 aliphatic heterocycles. The molecule has 0 aromatic carbocycles. The second-order valence-corrected chi connectivity index (χ2v) is 19.6. The zero-order valence-corrected chi connectivity index (χ0v) is 43.9. The van der Waals surface area contributed by atoms with Crippen LogP contribution >= 0.6 is 0 Å². The van der Waals surface area contributed by atoms with Crippen molar-refractivity contribution in [2.24, 2.45) is 0 Å². The highest BCUT2D eigenvalue weighted by atomic mass is 16.5. The monoisotopic (exact) mass is 926 g/mol. The molecule has 0 spiro atoms. The van der Waals surface area contributed by atoms with Gasteiger partial charge in [0, 0.05) is 12.8 Å². The van der Waals surface area contributed by atoms with E-state index in [0.717, 1.165) is 83.5 Å². The van der Waals surface area contributed by atoms with Crippen molar-refractivity contribution < 1.29 is 24.5 Å². The Hall–Kier alpha value is -2.18. The van der Waals surface area contributed by atoms with Gasteiger partial charge in [0.2, 0.25) is 5.91 Å². The van der Waals surface area contributed by atoms with E-state index in [-0.39, 0.29) is 18.5 Å². The van der Waals surface area contributed by atoms with Gasteiger partial charge in [0.1, 0.15) is 0 Å². The normalized spacial score (nSPS) is 13.0. The van der Waals surface area contributed by atoms with Crippen LogP contribution in [0.2, 0.25) is 0 Å². The number of aliphatic hydroxyl groups is 2. The van der Waals surface area contributed by atoms with Gasteiger partial charge in [0.25, 0.3) is 0 Å². The third-order valence-corrected chi connectivity index (χ3v) is 13.1. The molecular formula is C60H111NO5.